The van der Waals surface area contributed by atoms with Crippen LogP contribution < -0.4 is 5.73 Å². The standard InChI is InChI=1S/C10H16N4OS/c1-2-14-9(7-3-4-7)12-13-10(14)16-6-5-8(11)15/h7H,2-6H2,1H3,(H2,11,15). The minimum Gasteiger partial charge on any atom is -0.370 e. The van der Waals surface area contributed by atoms with E-state index in [2.05, 4.69) is 21.7 Å². The second kappa shape index (κ2) is 4.86. The first-order chi connectivity index (χ1) is 7.72. The number of rotatable bonds is 6. The van der Waals surface area contributed by atoms with E-state index < -0.39 is 0 Å². The molecule has 0 bridgehead atoms. The van der Waals surface area contributed by atoms with Gasteiger partial charge in [0.2, 0.25) is 5.91 Å². The van der Waals surface area contributed by atoms with Crippen molar-refractivity contribution in [3.63, 3.8) is 0 Å². The normalized spacial score (nSPS) is 15.3. The summed E-state index contributed by atoms with van der Waals surface area (Å²) in [6.45, 7) is 2.98. The Hall–Kier alpha value is -1.04. The lowest BCUT2D eigenvalue weighted by Gasteiger charge is -2.05. The highest BCUT2D eigenvalue weighted by Gasteiger charge is 2.29. The van der Waals surface area contributed by atoms with Crippen molar-refractivity contribution in [2.75, 3.05) is 5.75 Å². The molecule has 0 saturated heterocycles. The minimum absolute atomic E-state index is 0.266. The summed E-state index contributed by atoms with van der Waals surface area (Å²) in [5.74, 6) is 2.12. The molecular weight excluding hydrogens is 224 g/mol. The molecule has 2 N–H and O–H groups in total. The third-order valence-electron chi connectivity index (χ3n) is 2.58. The summed E-state index contributed by atoms with van der Waals surface area (Å²) in [7, 11) is 0. The average Bonchev–Trinajstić information content (AvgIpc) is 3.00. The molecule has 16 heavy (non-hydrogen) atoms. The fraction of sp³-hybridized carbons (Fsp3) is 0.700. The monoisotopic (exact) mass is 240 g/mol. The van der Waals surface area contributed by atoms with Gasteiger partial charge in [-0.2, -0.15) is 0 Å². The van der Waals surface area contributed by atoms with Crippen LogP contribution in [0, 0.1) is 0 Å². The van der Waals surface area contributed by atoms with Crippen LogP contribution in [0.3, 0.4) is 0 Å². The number of thioether (sulfide) groups is 1. The Labute approximate surface area is 98.8 Å². The van der Waals surface area contributed by atoms with E-state index in [0.717, 1.165) is 17.5 Å². The van der Waals surface area contributed by atoms with Crippen molar-refractivity contribution in [2.24, 2.45) is 5.73 Å². The molecule has 1 aromatic rings. The molecule has 1 heterocycles. The molecule has 1 fully saturated rings. The van der Waals surface area contributed by atoms with Crippen molar-refractivity contribution in [2.45, 2.75) is 43.8 Å². The zero-order valence-corrected chi connectivity index (χ0v) is 10.2. The van der Waals surface area contributed by atoms with Crippen LogP contribution in [0.15, 0.2) is 5.16 Å². The number of nitrogens with two attached hydrogens (primary N) is 1. The number of carbonyl (C=O) groups excluding carboxylic acids is 1. The molecule has 1 aromatic heterocycles. The van der Waals surface area contributed by atoms with Crippen LogP contribution in [-0.2, 0) is 11.3 Å². The molecule has 0 aromatic carbocycles. The Morgan fingerprint density at radius 2 is 2.31 bits per heavy atom. The lowest BCUT2D eigenvalue weighted by atomic mass is 10.4. The fourth-order valence-electron chi connectivity index (χ4n) is 1.59. The molecule has 0 unspecified atom stereocenters. The number of aromatic nitrogens is 3. The summed E-state index contributed by atoms with van der Waals surface area (Å²) in [6.07, 6.45) is 2.84. The molecule has 1 aliphatic rings. The van der Waals surface area contributed by atoms with Gasteiger partial charge in [0.25, 0.3) is 0 Å². The van der Waals surface area contributed by atoms with Gasteiger partial charge in [-0.1, -0.05) is 11.8 Å². The van der Waals surface area contributed by atoms with E-state index in [0.29, 0.717) is 18.1 Å². The highest BCUT2D eigenvalue weighted by molar-refractivity contribution is 7.99. The molecule has 0 radical (unpaired) electrons. The Bertz CT molecular complexity index is 386. The highest BCUT2D eigenvalue weighted by Crippen LogP contribution is 2.39. The molecule has 88 valence electrons. The van der Waals surface area contributed by atoms with Crippen LogP contribution in [0.2, 0.25) is 0 Å². The number of hydrogen-bond donors (Lipinski definition) is 1. The van der Waals surface area contributed by atoms with Gasteiger partial charge in [0.05, 0.1) is 0 Å². The molecule has 0 atom stereocenters. The Kier molecular flexibility index (Phi) is 3.48. The van der Waals surface area contributed by atoms with Gasteiger partial charge in [-0.25, -0.2) is 0 Å². The zero-order valence-electron chi connectivity index (χ0n) is 9.35. The lowest BCUT2D eigenvalue weighted by molar-refractivity contribution is -0.117. The van der Waals surface area contributed by atoms with Crippen molar-refractivity contribution in [3.8, 4) is 0 Å². The van der Waals surface area contributed by atoms with Gasteiger partial charge >= 0.3 is 0 Å². The van der Waals surface area contributed by atoms with Gasteiger partial charge in [-0.15, -0.1) is 10.2 Å². The van der Waals surface area contributed by atoms with E-state index in [9.17, 15) is 4.79 Å². The Morgan fingerprint density at radius 1 is 1.56 bits per heavy atom. The Morgan fingerprint density at radius 3 is 2.88 bits per heavy atom. The lowest BCUT2D eigenvalue weighted by Crippen LogP contribution is -2.11. The van der Waals surface area contributed by atoms with Gasteiger partial charge in [-0.05, 0) is 19.8 Å². The van der Waals surface area contributed by atoms with Crippen molar-refractivity contribution < 1.29 is 4.79 Å². The third-order valence-corrected chi connectivity index (χ3v) is 3.55. The van der Waals surface area contributed by atoms with Gasteiger partial charge in [-0.3, -0.25) is 4.79 Å². The number of hydrogen-bond acceptors (Lipinski definition) is 4. The van der Waals surface area contributed by atoms with Crippen LogP contribution in [-0.4, -0.2) is 26.4 Å². The van der Waals surface area contributed by atoms with E-state index in [1.165, 1.54) is 12.8 Å². The third kappa shape index (κ3) is 2.55. The quantitative estimate of drug-likeness (QED) is 0.757. The number of primary amides is 1. The summed E-state index contributed by atoms with van der Waals surface area (Å²) in [5, 5.41) is 9.30. The summed E-state index contributed by atoms with van der Waals surface area (Å²) in [4.78, 5) is 10.6. The average molecular weight is 240 g/mol. The van der Waals surface area contributed by atoms with Crippen LogP contribution in [0.4, 0.5) is 0 Å². The van der Waals surface area contributed by atoms with E-state index in [-0.39, 0.29) is 5.91 Å². The van der Waals surface area contributed by atoms with Gasteiger partial charge in [0.15, 0.2) is 5.16 Å². The molecule has 1 amide bonds. The van der Waals surface area contributed by atoms with Crippen molar-refractivity contribution >= 4 is 17.7 Å². The maximum Gasteiger partial charge on any atom is 0.218 e. The largest absolute Gasteiger partial charge is 0.370 e. The first-order valence-corrected chi connectivity index (χ1v) is 6.55. The predicted octanol–water partition coefficient (Wildman–Crippen LogP) is 1.14. The molecule has 5 nitrogen and oxygen atoms in total. The molecule has 6 heteroatoms. The molecular formula is C10H16N4OS. The summed E-state index contributed by atoms with van der Waals surface area (Å²) >= 11 is 1.55. The number of carbonyl (C=O) groups is 1. The first-order valence-electron chi connectivity index (χ1n) is 5.56. The highest BCUT2D eigenvalue weighted by atomic mass is 32.2. The van der Waals surface area contributed by atoms with Crippen LogP contribution in [0.5, 0.6) is 0 Å². The first kappa shape index (κ1) is 11.4. The molecule has 1 aliphatic carbocycles. The zero-order chi connectivity index (χ0) is 11.5. The van der Waals surface area contributed by atoms with Crippen molar-refractivity contribution in [3.05, 3.63) is 5.82 Å². The maximum absolute atomic E-state index is 10.6. The maximum atomic E-state index is 10.6. The van der Waals surface area contributed by atoms with E-state index in [1.807, 2.05) is 0 Å². The second-order valence-corrected chi connectivity index (χ2v) is 4.99. The van der Waals surface area contributed by atoms with Gasteiger partial charge in [0.1, 0.15) is 5.82 Å². The van der Waals surface area contributed by atoms with Crippen molar-refractivity contribution in [1.29, 1.82) is 0 Å². The van der Waals surface area contributed by atoms with Gasteiger partial charge < -0.3 is 10.3 Å². The van der Waals surface area contributed by atoms with Crippen LogP contribution in [0.25, 0.3) is 0 Å². The van der Waals surface area contributed by atoms with Gasteiger partial charge in [0, 0.05) is 24.6 Å². The second-order valence-electron chi connectivity index (χ2n) is 3.92. The molecule has 2 rings (SSSR count). The summed E-state index contributed by atoms with van der Waals surface area (Å²) in [6, 6.07) is 0. The number of amides is 1. The van der Waals surface area contributed by atoms with E-state index >= 15 is 0 Å². The van der Waals surface area contributed by atoms with Crippen LogP contribution in [0.1, 0.15) is 37.9 Å². The number of nitrogens with zero attached hydrogens (tertiary/aromatic N) is 3. The SMILES string of the molecule is CCn1c(SCCC(N)=O)nnc1C1CC1. The summed E-state index contributed by atoms with van der Waals surface area (Å²) in [5.41, 5.74) is 5.10. The van der Waals surface area contributed by atoms with E-state index in [4.69, 9.17) is 5.73 Å². The molecule has 0 aliphatic heterocycles. The van der Waals surface area contributed by atoms with E-state index in [1.54, 1.807) is 11.8 Å². The minimum atomic E-state index is -0.266. The molecule has 1 saturated carbocycles. The van der Waals surface area contributed by atoms with Crippen LogP contribution >= 0.6 is 11.8 Å². The summed E-state index contributed by atoms with van der Waals surface area (Å²) < 4.78 is 2.14. The smallest absolute Gasteiger partial charge is 0.218 e. The fourth-order valence-corrected chi connectivity index (χ4v) is 2.55. The molecule has 0 spiro atoms. The topological polar surface area (TPSA) is 73.8 Å². The predicted molar refractivity (Wildman–Crippen MR) is 62.2 cm³/mol. The Balaban J connectivity index is 2.00. The van der Waals surface area contributed by atoms with Crippen molar-refractivity contribution in [1.82, 2.24) is 14.8 Å².